The van der Waals surface area contributed by atoms with Gasteiger partial charge in [0.05, 0.1) is 30.1 Å². The molecule has 2 saturated heterocycles. The van der Waals surface area contributed by atoms with E-state index in [4.69, 9.17) is 4.74 Å². The van der Waals surface area contributed by atoms with Crippen LogP contribution in [0.2, 0.25) is 0 Å². The van der Waals surface area contributed by atoms with Gasteiger partial charge in [0.2, 0.25) is 17.7 Å². The lowest BCUT2D eigenvalue weighted by Gasteiger charge is -2.43. The van der Waals surface area contributed by atoms with Gasteiger partial charge in [-0.25, -0.2) is 0 Å². The van der Waals surface area contributed by atoms with Crippen molar-refractivity contribution in [1.29, 1.82) is 0 Å². The molecule has 6 atom stereocenters. The third kappa shape index (κ3) is 4.31. The quantitative estimate of drug-likeness (QED) is 0.557. The molecule has 1 N–H and O–H groups in total. The Labute approximate surface area is 247 Å². The number of benzene rings is 2. The Morgan fingerprint density at radius 3 is 2.17 bits per heavy atom. The molecule has 2 aromatic carbocycles. The number of ether oxygens (including phenoxy) is 1. The van der Waals surface area contributed by atoms with Crippen LogP contribution in [0.5, 0.6) is 0 Å². The molecule has 4 aliphatic heterocycles. The number of fused-ring (bicyclic) bond motifs is 2. The first-order chi connectivity index (χ1) is 20.0. The Hall–Kier alpha value is -3.75. The van der Waals surface area contributed by atoms with Crippen molar-refractivity contribution < 1.29 is 24.2 Å². The zero-order valence-electron chi connectivity index (χ0n) is 24.6. The smallest absolute Gasteiger partial charge is 0.249 e. The number of rotatable bonds is 5. The summed E-state index contributed by atoms with van der Waals surface area (Å²) in [6, 6.07) is 17.2. The number of amides is 3. The van der Waals surface area contributed by atoms with Crippen molar-refractivity contribution >= 4 is 17.7 Å². The maximum Gasteiger partial charge on any atom is 0.249 e. The molecule has 8 heteroatoms. The second-order valence-corrected chi connectivity index (χ2v) is 13.0. The molecular weight excluding hydrogens is 530 g/mol. The topological polar surface area (TPSA) is 90.4 Å². The number of likely N-dealkylation sites (tertiary alicyclic amines) is 1. The van der Waals surface area contributed by atoms with Gasteiger partial charge >= 0.3 is 0 Å². The number of nitrogens with zero attached hydrogens (tertiary/aromatic N) is 3. The molecule has 0 radical (unpaired) electrons. The van der Waals surface area contributed by atoms with Gasteiger partial charge in [-0.3, -0.25) is 14.4 Å². The van der Waals surface area contributed by atoms with Crippen molar-refractivity contribution in [3.63, 3.8) is 0 Å². The first-order valence-electron chi connectivity index (χ1n) is 14.7. The monoisotopic (exact) mass is 569 g/mol. The summed E-state index contributed by atoms with van der Waals surface area (Å²) >= 11 is 0. The molecule has 1 spiro atoms. The maximum atomic E-state index is 14.8. The minimum Gasteiger partial charge on any atom is -0.394 e. The lowest BCUT2D eigenvalue weighted by molar-refractivity contribution is -0.158. The average Bonchev–Trinajstić information content (AvgIpc) is 3.22. The molecule has 2 fully saturated rings. The third-order valence-electron chi connectivity index (χ3n) is 9.30. The van der Waals surface area contributed by atoms with Gasteiger partial charge in [-0.2, -0.15) is 0 Å². The maximum absolute atomic E-state index is 14.8. The summed E-state index contributed by atoms with van der Waals surface area (Å²) in [5, 5.41) is 10.7. The molecule has 2 aromatic rings. The normalized spacial score (nSPS) is 31.5. The van der Waals surface area contributed by atoms with Gasteiger partial charge in [-0.1, -0.05) is 85.0 Å². The molecule has 6 rings (SSSR count). The van der Waals surface area contributed by atoms with E-state index in [-0.39, 0.29) is 24.3 Å². The van der Waals surface area contributed by atoms with Crippen molar-refractivity contribution in [1.82, 2.24) is 14.7 Å². The average molecular weight is 570 g/mol. The zero-order chi connectivity index (χ0) is 29.9. The summed E-state index contributed by atoms with van der Waals surface area (Å²) in [7, 11) is 0. The van der Waals surface area contributed by atoms with Crippen LogP contribution in [0.3, 0.4) is 0 Å². The van der Waals surface area contributed by atoms with Crippen molar-refractivity contribution in [2.24, 2.45) is 11.8 Å². The lowest BCUT2D eigenvalue weighted by Crippen LogP contribution is -2.59. The van der Waals surface area contributed by atoms with Crippen molar-refractivity contribution in [2.45, 2.75) is 63.1 Å². The summed E-state index contributed by atoms with van der Waals surface area (Å²) in [6.07, 6.45) is 7.58. The molecular formula is C34H39N3O5. The summed E-state index contributed by atoms with van der Waals surface area (Å²) < 4.78 is 6.95. The SMILES string of the molecule is CC(C)(C)N1CC=C[C@]23O[C@]4(C)C=CCN(Cc5ccccc5)C(=O)[C@@H]4[C@H]2C(=O)N([C@H](CO)c2ccccc2)C3C1=O. The number of hydrogen-bond donors (Lipinski definition) is 1. The molecule has 0 bridgehead atoms. The van der Waals surface area contributed by atoms with Gasteiger partial charge in [0.1, 0.15) is 11.6 Å². The molecule has 4 aliphatic rings. The van der Waals surface area contributed by atoms with Gasteiger partial charge in [0.15, 0.2) is 0 Å². The summed E-state index contributed by atoms with van der Waals surface area (Å²) in [5.74, 6) is -2.59. The van der Waals surface area contributed by atoms with Crippen LogP contribution in [0.25, 0.3) is 0 Å². The molecule has 8 nitrogen and oxygen atoms in total. The first kappa shape index (κ1) is 28.4. The van der Waals surface area contributed by atoms with Crippen LogP contribution in [0.15, 0.2) is 85.0 Å². The standard InChI is InChI=1S/C34H39N3O5/c1-32(2,3)36-20-12-18-34-27(30(40)37(28(34)31(36)41)25(22-38)24-15-9-6-10-16-24)26-29(39)35(19-11-17-33(26,4)42-34)21-23-13-7-5-8-14-23/h5-18,25-28,38H,19-22H2,1-4H3/t25-,26+,27+,28?,33-,34+/m1/s1. The summed E-state index contributed by atoms with van der Waals surface area (Å²) in [4.78, 5) is 48.9. The van der Waals surface area contributed by atoms with E-state index in [2.05, 4.69) is 0 Å². The number of hydrogen-bond acceptors (Lipinski definition) is 5. The van der Waals surface area contributed by atoms with Gasteiger partial charge in [-0.05, 0) is 38.8 Å². The van der Waals surface area contributed by atoms with Crippen molar-refractivity contribution in [3.8, 4) is 0 Å². The fourth-order valence-electron chi connectivity index (χ4n) is 7.43. The van der Waals surface area contributed by atoms with E-state index in [0.717, 1.165) is 5.56 Å². The molecule has 0 aliphatic carbocycles. The van der Waals surface area contributed by atoms with Crippen LogP contribution in [-0.2, 0) is 25.7 Å². The van der Waals surface area contributed by atoms with Crippen LogP contribution in [-0.4, -0.2) is 80.0 Å². The van der Waals surface area contributed by atoms with Gasteiger partial charge in [0.25, 0.3) is 0 Å². The summed E-state index contributed by atoms with van der Waals surface area (Å²) in [5.41, 5.74) is -1.31. The highest BCUT2D eigenvalue weighted by Crippen LogP contribution is 2.59. The van der Waals surface area contributed by atoms with Crippen LogP contribution < -0.4 is 0 Å². The lowest BCUT2D eigenvalue weighted by atomic mass is 9.74. The van der Waals surface area contributed by atoms with Gasteiger partial charge < -0.3 is 24.5 Å². The van der Waals surface area contributed by atoms with E-state index in [1.165, 1.54) is 4.90 Å². The van der Waals surface area contributed by atoms with Crippen LogP contribution in [0.1, 0.15) is 44.9 Å². The third-order valence-corrected chi connectivity index (χ3v) is 9.30. The number of aliphatic hydroxyl groups excluding tert-OH is 1. The number of carbonyl (C=O) groups is 3. The van der Waals surface area contributed by atoms with Gasteiger partial charge in [-0.15, -0.1) is 0 Å². The van der Waals surface area contributed by atoms with Crippen LogP contribution >= 0.6 is 0 Å². The Kier molecular flexibility index (Phi) is 6.90. The minimum absolute atomic E-state index is 0.180. The van der Waals surface area contributed by atoms with E-state index in [1.54, 1.807) is 9.80 Å². The van der Waals surface area contributed by atoms with Crippen molar-refractivity contribution in [3.05, 3.63) is 96.1 Å². The summed E-state index contributed by atoms with van der Waals surface area (Å²) in [6.45, 7) is 8.50. The van der Waals surface area contributed by atoms with Crippen molar-refractivity contribution in [2.75, 3.05) is 19.7 Å². The molecule has 1 unspecified atom stereocenters. The highest BCUT2D eigenvalue weighted by molar-refractivity contribution is 6.00. The Bertz CT molecular complexity index is 1430. The predicted molar refractivity (Wildman–Crippen MR) is 158 cm³/mol. The van der Waals surface area contributed by atoms with E-state index < -0.39 is 40.7 Å². The number of carbonyl (C=O) groups excluding carboxylic acids is 3. The predicted octanol–water partition coefficient (Wildman–Crippen LogP) is 3.49. The van der Waals surface area contributed by atoms with E-state index in [0.29, 0.717) is 25.2 Å². The molecule has 42 heavy (non-hydrogen) atoms. The van der Waals surface area contributed by atoms with Gasteiger partial charge in [0, 0.05) is 25.2 Å². The Balaban J connectivity index is 1.49. The molecule has 220 valence electrons. The second kappa shape index (κ2) is 10.2. The minimum atomic E-state index is -1.38. The van der Waals surface area contributed by atoms with E-state index in [9.17, 15) is 19.5 Å². The molecule has 0 aromatic heterocycles. The highest BCUT2D eigenvalue weighted by Gasteiger charge is 2.75. The second-order valence-electron chi connectivity index (χ2n) is 13.0. The molecule has 3 amide bonds. The fraction of sp³-hybridized carbons (Fsp3) is 0.441. The zero-order valence-corrected chi connectivity index (χ0v) is 24.6. The van der Waals surface area contributed by atoms with E-state index >= 15 is 0 Å². The van der Waals surface area contributed by atoms with Crippen LogP contribution in [0, 0.1) is 11.8 Å². The Morgan fingerprint density at radius 1 is 0.881 bits per heavy atom. The largest absolute Gasteiger partial charge is 0.394 e. The Morgan fingerprint density at radius 2 is 1.52 bits per heavy atom. The number of aliphatic hydroxyl groups is 1. The van der Waals surface area contributed by atoms with E-state index in [1.807, 2.05) is 113 Å². The first-order valence-corrected chi connectivity index (χ1v) is 14.7. The van der Waals surface area contributed by atoms with Crippen LogP contribution in [0.4, 0.5) is 0 Å². The highest BCUT2D eigenvalue weighted by atomic mass is 16.5. The molecule has 0 saturated carbocycles. The fourth-order valence-corrected chi connectivity index (χ4v) is 7.43. The molecule has 4 heterocycles.